The van der Waals surface area contributed by atoms with Crippen LogP contribution in [0.2, 0.25) is 5.02 Å². The molecule has 1 amide bonds. The second-order valence-corrected chi connectivity index (χ2v) is 7.73. The Hall–Kier alpha value is -3.30. The van der Waals surface area contributed by atoms with Crippen molar-refractivity contribution in [2.45, 2.75) is 5.03 Å². The number of thioether (sulfide) groups is 1. The van der Waals surface area contributed by atoms with Crippen LogP contribution in [0.4, 0.5) is 5.69 Å². The zero-order valence-corrected chi connectivity index (χ0v) is 18.3. The predicted octanol–water partition coefficient (Wildman–Crippen LogP) is 4.22. The van der Waals surface area contributed by atoms with Crippen molar-refractivity contribution in [2.24, 2.45) is 0 Å². The molecule has 10 heteroatoms. The number of fused-ring (bicyclic) bond motifs is 1. The van der Waals surface area contributed by atoms with Crippen molar-refractivity contribution >= 4 is 46.0 Å². The minimum Gasteiger partial charge on any atom is -0.497 e. The van der Waals surface area contributed by atoms with E-state index in [1.165, 1.54) is 18.1 Å². The Balaban J connectivity index is 1.51. The van der Waals surface area contributed by atoms with Gasteiger partial charge >= 0.3 is 0 Å². The van der Waals surface area contributed by atoms with E-state index < -0.39 is 0 Å². The van der Waals surface area contributed by atoms with Crippen molar-refractivity contribution in [1.29, 1.82) is 0 Å². The van der Waals surface area contributed by atoms with E-state index in [9.17, 15) is 4.79 Å². The van der Waals surface area contributed by atoms with Crippen LogP contribution < -0.4 is 14.8 Å². The Labute approximate surface area is 187 Å². The zero-order chi connectivity index (χ0) is 21.8. The molecule has 0 radical (unpaired) electrons. The third kappa shape index (κ3) is 4.57. The molecular formula is C21H18ClN5O3S. The van der Waals surface area contributed by atoms with Crippen molar-refractivity contribution in [3.8, 4) is 17.2 Å². The van der Waals surface area contributed by atoms with Gasteiger partial charge in [-0.1, -0.05) is 35.5 Å². The van der Waals surface area contributed by atoms with Gasteiger partial charge in [-0.25, -0.2) is 14.6 Å². The Bertz CT molecular complexity index is 1220. The third-order valence-electron chi connectivity index (χ3n) is 4.39. The van der Waals surface area contributed by atoms with E-state index in [1.54, 1.807) is 49.4 Å². The summed E-state index contributed by atoms with van der Waals surface area (Å²) in [5.74, 6) is 1.15. The number of nitrogens with one attached hydrogen (secondary N) is 1. The molecule has 4 rings (SSSR count). The van der Waals surface area contributed by atoms with E-state index in [0.29, 0.717) is 32.9 Å². The summed E-state index contributed by atoms with van der Waals surface area (Å²) in [6.45, 7) is 0. The number of benzene rings is 2. The molecule has 4 aromatic rings. The smallest absolute Gasteiger partial charge is 0.234 e. The molecule has 1 N–H and O–H groups in total. The SMILES string of the molecule is COc1cc(NC(=O)CSc2ncnc3c2cnn3-c2ccccc2Cl)cc(OC)c1. The second kappa shape index (κ2) is 9.23. The number of halogens is 1. The molecule has 0 fully saturated rings. The number of amides is 1. The van der Waals surface area contributed by atoms with Crippen molar-refractivity contribution < 1.29 is 14.3 Å². The highest BCUT2D eigenvalue weighted by molar-refractivity contribution is 8.00. The third-order valence-corrected chi connectivity index (χ3v) is 5.71. The molecular weight excluding hydrogens is 438 g/mol. The predicted molar refractivity (Wildman–Crippen MR) is 121 cm³/mol. The van der Waals surface area contributed by atoms with E-state index in [4.69, 9.17) is 21.1 Å². The number of hydrogen-bond donors (Lipinski definition) is 1. The first kappa shape index (κ1) is 21.0. The largest absolute Gasteiger partial charge is 0.497 e. The highest BCUT2D eigenvalue weighted by Gasteiger charge is 2.15. The van der Waals surface area contributed by atoms with Crippen LogP contribution in [0.5, 0.6) is 11.5 Å². The van der Waals surface area contributed by atoms with Gasteiger partial charge in [0.2, 0.25) is 5.91 Å². The number of carbonyl (C=O) groups excluding carboxylic acids is 1. The topological polar surface area (TPSA) is 91.2 Å². The van der Waals surface area contributed by atoms with Gasteiger partial charge in [-0.05, 0) is 12.1 Å². The molecule has 2 aromatic heterocycles. The van der Waals surface area contributed by atoms with Crippen molar-refractivity contribution in [1.82, 2.24) is 19.7 Å². The molecule has 2 aromatic carbocycles. The van der Waals surface area contributed by atoms with Gasteiger partial charge in [-0.3, -0.25) is 4.79 Å². The Morgan fingerprint density at radius 2 is 1.87 bits per heavy atom. The fraction of sp³-hybridized carbons (Fsp3) is 0.143. The van der Waals surface area contributed by atoms with Gasteiger partial charge in [0.1, 0.15) is 22.9 Å². The number of para-hydroxylation sites is 1. The second-order valence-electron chi connectivity index (χ2n) is 6.36. The van der Waals surface area contributed by atoms with Gasteiger partial charge in [0.15, 0.2) is 5.65 Å². The maximum atomic E-state index is 12.5. The van der Waals surface area contributed by atoms with Gasteiger partial charge < -0.3 is 14.8 Å². The molecule has 0 spiro atoms. The summed E-state index contributed by atoms with van der Waals surface area (Å²) in [5.41, 5.74) is 1.92. The summed E-state index contributed by atoms with van der Waals surface area (Å²) in [6, 6.07) is 12.6. The lowest BCUT2D eigenvalue weighted by molar-refractivity contribution is -0.113. The molecule has 0 saturated heterocycles. The average molecular weight is 456 g/mol. The van der Waals surface area contributed by atoms with Gasteiger partial charge in [0.25, 0.3) is 0 Å². The van der Waals surface area contributed by atoms with Crippen LogP contribution >= 0.6 is 23.4 Å². The maximum Gasteiger partial charge on any atom is 0.234 e. The highest BCUT2D eigenvalue weighted by Crippen LogP contribution is 2.29. The number of ether oxygens (including phenoxy) is 2. The van der Waals surface area contributed by atoms with Gasteiger partial charge in [-0.15, -0.1) is 0 Å². The summed E-state index contributed by atoms with van der Waals surface area (Å²) in [7, 11) is 3.11. The molecule has 2 heterocycles. The Morgan fingerprint density at radius 3 is 2.58 bits per heavy atom. The van der Waals surface area contributed by atoms with Crippen molar-refractivity contribution in [3.63, 3.8) is 0 Å². The van der Waals surface area contributed by atoms with Crippen LogP contribution in [0, 0.1) is 0 Å². The minimum absolute atomic E-state index is 0.156. The summed E-state index contributed by atoms with van der Waals surface area (Å²) in [5, 5.41) is 9.21. The first-order valence-electron chi connectivity index (χ1n) is 9.18. The van der Waals surface area contributed by atoms with Crippen LogP contribution in [-0.4, -0.2) is 45.6 Å². The van der Waals surface area contributed by atoms with Crippen LogP contribution in [0.15, 0.2) is 60.0 Å². The monoisotopic (exact) mass is 455 g/mol. The van der Waals surface area contributed by atoms with Crippen LogP contribution in [0.1, 0.15) is 0 Å². The summed E-state index contributed by atoms with van der Waals surface area (Å²) >= 11 is 7.60. The maximum absolute atomic E-state index is 12.5. The lowest BCUT2D eigenvalue weighted by atomic mass is 10.2. The number of anilines is 1. The van der Waals surface area contributed by atoms with Crippen LogP contribution in [0.3, 0.4) is 0 Å². The Kier molecular flexibility index (Phi) is 6.24. The number of nitrogens with zero attached hydrogens (tertiary/aromatic N) is 4. The van der Waals surface area contributed by atoms with Gasteiger partial charge in [0, 0.05) is 23.9 Å². The summed E-state index contributed by atoms with van der Waals surface area (Å²) in [4.78, 5) is 21.2. The van der Waals surface area contributed by atoms with Crippen molar-refractivity contribution in [2.75, 3.05) is 25.3 Å². The molecule has 0 bridgehead atoms. The molecule has 0 atom stereocenters. The zero-order valence-electron chi connectivity index (χ0n) is 16.7. The standard InChI is InChI=1S/C21H18ClN5O3S/c1-29-14-7-13(8-15(9-14)30-2)26-19(28)11-31-21-16-10-25-27(20(16)23-12-24-21)18-6-4-3-5-17(18)22/h3-10,12H,11H2,1-2H3,(H,26,28). The molecule has 8 nitrogen and oxygen atoms in total. The van der Waals surface area contributed by atoms with Gasteiger partial charge in [-0.2, -0.15) is 5.10 Å². The summed E-state index contributed by atoms with van der Waals surface area (Å²) in [6.07, 6.45) is 3.12. The number of carbonyl (C=O) groups is 1. The summed E-state index contributed by atoms with van der Waals surface area (Å²) < 4.78 is 12.1. The number of methoxy groups -OCH3 is 2. The van der Waals surface area contributed by atoms with Crippen molar-refractivity contribution in [3.05, 3.63) is 60.0 Å². The molecule has 0 aliphatic rings. The first-order valence-corrected chi connectivity index (χ1v) is 10.5. The first-order chi connectivity index (χ1) is 15.1. The molecule has 0 saturated carbocycles. The molecule has 31 heavy (non-hydrogen) atoms. The molecule has 158 valence electrons. The number of rotatable bonds is 7. The number of hydrogen-bond acceptors (Lipinski definition) is 7. The Morgan fingerprint density at radius 1 is 1.13 bits per heavy atom. The quantitative estimate of drug-likeness (QED) is 0.329. The minimum atomic E-state index is -0.189. The van der Waals surface area contributed by atoms with E-state index >= 15 is 0 Å². The van der Waals surface area contributed by atoms with E-state index in [2.05, 4.69) is 20.4 Å². The van der Waals surface area contributed by atoms with Crippen LogP contribution in [0.25, 0.3) is 16.7 Å². The normalized spacial score (nSPS) is 10.8. The van der Waals surface area contributed by atoms with E-state index in [-0.39, 0.29) is 11.7 Å². The highest BCUT2D eigenvalue weighted by atomic mass is 35.5. The number of aromatic nitrogens is 4. The van der Waals surface area contributed by atoms with Crippen LogP contribution in [-0.2, 0) is 4.79 Å². The lowest BCUT2D eigenvalue weighted by Gasteiger charge is -2.10. The fourth-order valence-corrected chi connectivity index (χ4v) is 3.92. The molecule has 0 unspecified atom stereocenters. The van der Waals surface area contributed by atoms with E-state index in [1.807, 2.05) is 18.2 Å². The lowest BCUT2D eigenvalue weighted by Crippen LogP contribution is -2.14. The fourth-order valence-electron chi connectivity index (χ4n) is 2.95. The average Bonchev–Trinajstić information content (AvgIpc) is 3.22. The molecule has 0 aliphatic carbocycles. The van der Waals surface area contributed by atoms with E-state index in [0.717, 1.165) is 11.1 Å². The van der Waals surface area contributed by atoms with Gasteiger partial charge in [0.05, 0.1) is 42.3 Å². The molecule has 0 aliphatic heterocycles.